The molecule has 98 valence electrons. The third-order valence-electron chi connectivity index (χ3n) is 2.41. The van der Waals surface area contributed by atoms with Crippen molar-refractivity contribution in [1.82, 2.24) is 15.6 Å². The molecular formula is C12H17N3O3. The number of pyridine rings is 1. The predicted molar refractivity (Wildman–Crippen MR) is 66.1 cm³/mol. The average molecular weight is 251 g/mol. The standard InChI is InChI=1S/C12H17N3O3/c1-2-9-4-3-6-13-10(9)8-15-12(18)14-7-5-11(16)17/h3-4,6H,2,5,7-8H2,1H3,(H,16,17)(H2,14,15,18). The summed E-state index contributed by atoms with van der Waals surface area (Å²) in [7, 11) is 0. The summed E-state index contributed by atoms with van der Waals surface area (Å²) in [6.07, 6.45) is 2.45. The van der Waals surface area contributed by atoms with E-state index in [1.165, 1.54) is 0 Å². The lowest BCUT2D eigenvalue weighted by atomic mass is 10.1. The first-order chi connectivity index (χ1) is 8.63. The fraction of sp³-hybridized carbons (Fsp3) is 0.417. The van der Waals surface area contributed by atoms with Crippen molar-refractivity contribution in [2.75, 3.05) is 6.54 Å². The Balaban J connectivity index is 2.35. The summed E-state index contributed by atoms with van der Waals surface area (Å²) in [5.41, 5.74) is 1.91. The van der Waals surface area contributed by atoms with Crippen LogP contribution in [-0.4, -0.2) is 28.6 Å². The number of carboxylic acid groups (broad SMARTS) is 1. The molecule has 6 nitrogen and oxygen atoms in total. The van der Waals surface area contributed by atoms with Gasteiger partial charge in [-0.1, -0.05) is 13.0 Å². The summed E-state index contributed by atoms with van der Waals surface area (Å²) in [4.78, 5) is 25.8. The fourth-order valence-electron chi connectivity index (χ4n) is 1.46. The van der Waals surface area contributed by atoms with Gasteiger partial charge in [-0.15, -0.1) is 0 Å². The number of aromatic nitrogens is 1. The van der Waals surface area contributed by atoms with Crippen molar-refractivity contribution >= 4 is 12.0 Å². The summed E-state index contributed by atoms with van der Waals surface area (Å²) < 4.78 is 0. The molecule has 2 amide bonds. The number of carbonyl (C=O) groups is 2. The third-order valence-corrected chi connectivity index (χ3v) is 2.41. The number of nitrogens with zero attached hydrogens (tertiary/aromatic N) is 1. The molecule has 18 heavy (non-hydrogen) atoms. The van der Waals surface area contributed by atoms with Crippen molar-refractivity contribution in [3.8, 4) is 0 Å². The van der Waals surface area contributed by atoms with Crippen LogP contribution in [0.3, 0.4) is 0 Å². The predicted octanol–water partition coefficient (Wildman–Crippen LogP) is 0.918. The Hall–Kier alpha value is -2.11. The van der Waals surface area contributed by atoms with E-state index in [-0.39, 0.29) is 19.0 Å². The van der Waals surface area contributed by atoms with Gasteiger partial charge in [0, 0.05) is 12.7 Å². The average Bonchev–Trinajstić information content (AvgIpc) is 2.36. The number of carboxylic acids is 1. The zero-order valence-corrected chi connectivity index (χ0v) is 10.3. The molecule has 0 atom stereocenters. The highest BCUT2D eigenvalue weighted by molar-refractivity contribution is 5.74. The van der Waals surface area contributed by atoms with Gasteiger partial charge in [0.05, 0.1) is 18.7 Å². The van der Waals surface area contributed by atoms with Gasteiger partial charge in [-0.2, -0.15) is 0 Å². The first-order valence-electron chi connectivity index (χ1n) is 5.79. The maximum atomic E-state index is 11.4. The number of nitrogens with one attached hydrogen (secondary N) is 2. The lowest BCUT2D eigenvalue weighted by Crippen LogP contribution is -2.36. The Bertz CT molecular complexity index is 421. The van der Waals surface area contributed by atoms with Gasteiger partial charge in [-0.3, -0.25) is 9.78 Å². The van der Waals surface area contributed by atoms with Crippen LogP contribution in [0.4, 0.5) is 4.79 Å². The van der Waals surface area contributed by atoms with Crippen molar-refractivity contribution in [1.29, 1.82) is 0 Å². The highest BCUT2D eigenvalue weighted by Gasteiger charge is 2.05. The number of urea groups is 1. The first kappa shape index (κ1) is 14.0. The Labute approximate surface area is 105 Å². The van der Waals surface area contributed by atoms with E-state index in [1.807, 2.05) is 19.1 Å². The lowest BCUT2D eigenvalue weighted by molar-refractivity contribution is -0.136. The molecule has 0 unspecified atom stereocenters. The number of amides is 2. The Morgan fingerprint density at radius 1 is 1.39 bits per heavy atom. The van der Waals surface area contributed by atoms with Crippen LogP contribution >= 0.6 is 0 Å². The van der Waals surface area contributed by atoms with E-state index in [0.717, 1.165) is 17.7 Å². The minimum atomic E-state index is -0.937. The molecule has 1 heterocycles. The molecule has 0 aliphatic heterocycles. The molecule has 6 heteroatoms. The molecule has 0 aromatic carbocycles. The van der Waals surface area contributed by atoms with Gasteiger partial charge in [0.15, 0.2) is 0 Å². The lowest BCUT2D eigenvalue weighted by Gasteiger charge is -2.08. The number of aliphatic carboxylic acids is 1. The van der Waals surface area contributed by atoms with Gasteiger partial charge in [0.2, 0.25) is 0 Å². The van der Waals surface area contributed by atoms with Gasteiger partial charge in [-0.25, -0.2) is 4.79 Å². The smallest absolute Gasteiger partial charge is 0.315 e. The van der Waals surface area contributed by atoms with Crippen LogP contribution in [0.25, 0.3) is 0 Å². The van der Waals surface area contributed by atoms with E-state index in [4.69, 9.17) is 5.11 Å². The van der Waals surface area contributed by atoms with E-state index in [2.05, 4.69) is 15.6 Å². The first-order valence-corrected chi connectivity index (χ1v) is 5.79. The molecule has 0 fully saturated rings. The van der Waals surface area contributed by atoms with E-state index in [1.54, 1.807) is 6.20 Å². The maximum absolute atomic E-state index is 11.4. The summed E-state index contributed by atoms with van der Waals surface area (Å²) in [5.74, 6) is -0.937. The van der Waals surface area contributed by atoms with E-state index in [0.29, 0.717) is 6.54 Å². The molecule has 1 aromatic rings. The van der Waals surface area contributed by atoms with Crippen LogP contribution in [0.1, 0.15) is 24.6 Å². The fourth-order valence-corrected chi connectivity index (χ4v) is 1.46. The van der Waals surface area contributed by atoms with Crippen molar-refractivity contribution in [2.45, 2.75) is 26.3 Å². The van der Waals surface area contributed by atoms with E-state index >= 15 is 0 Å². The summed E-state index contributed by atoms with van der Waals surface area (Å²) in [6, 6.07) is 3.44. The van der Waals surface area contributed by atoms with Gasteiger partial charge in [0.1, 0.15) is 0 Å². The van der Waals surface area contributed by atoms with Gasteiger partial charge >= 0.3 is 12.0 Å². The molecule has 1 rings (SSSR count). The molecule has 0 radical (unpaired) electrons. The minimum Gasteiger partial charge on any atom is -0.481 e. The monoisotopic (exact) mass is 251 g/mol. The van der Waals surface area contributed by atoms with Crippen LogP contribution in [-0.2, 0) is 17.8 Å². The molecule has 0 saturated heterocycles. The molecule has 0 aliphatic carbocycles. The number of hydrogen-bond acceptors (Lipinski definition) is 3. The van der Waals surface area contributed by atoms with Crippen LogP contribution in [0, 0.1) is 0 Å². The SMILES string of the molecule is CCc1cccnc1CNC(=O)NCCC(=O)O. The topological polar surface area (TPSA) is 91.3 Å². The van der Waals surface area contributed by atoms with Crippen LogP contribution in [0.2, 0.25) is 0 Å². The zero-order valence-electron chi connectivity index (χ0n) is 10.3. The van der Waals surface area contributed by atoms with Gasteiger partial charge in [0.25, 0.3) is 0 Å². The van der Waals surface area contributed by atoms with Crippen LogP contribution in [0.5, 0.6) is 0 Å². The van der Waals surface area contributed by atoms with E-state index < -0.39 is 5.97 Å². The quantitative estimate of drug-likeness (QED) is 0.701. The minimum absolute atomic E-state index is 0.0861. The van der Waals surface area contributed by atoms with Crippen molar-refractivity contribution in [3.05, 3.63) is 29.6 Å². The number of aryl methyl sites for hydroxylation is 1. The highest BCUT2D eigenvalue weighted by Crippen LogP contribution is 2.05. The number of rotatable bonds is 6. The van der Waals surface area contributed by atoms with Crippen molar-refractivity contribution < 1.29 is 14.7 Å². The van der Waals surface area contributed by atoms with E-state index in [9.17, 15) is 9.59 Å². The van der Waals surface area contributed by atoms with Gasteiger partial charge < -0.3 is 15.7 Å². The number of hydrogen-bond donors (Lipinski definition) is 3. The summed E-state index contributed by atoms with van der Waals surface area (Å²) in [5, 5.41) is 13.5. The molecule has 0 aliphatic rings. The molecular weight excluding hydrogens is 234 g/mol. The summed E-state index contributed by atoms with van der Waals surface area (Å²) in [6.45, 7) is 2.47. The highest BCUT2D eigenvalue weighted by atomic mass is 16.4. The second kappa shape index (κ2) is 7.26. The molecule has 0 saturated carbocycles. The van der Waals surface area contributed by atoms with Crippen LogP contribution in [0.15, 0.2) is 18.3 Å². The number of carbonyl (C=O) groups excluding carboxylic acids is 1. The van der Waals surface area contributed by atoms with Crippen molar-refractivity contribution in [2.24, 2.45) is 0 Å². The third kappa shape index (κ3) is 4.82. The molecule has 0 bridgehead atoms. The molecule has 0 spiro atoms. The summed E-state index contributed by atoms with van der Waals surface area (Å²) >= 11 is 0. The van der Waals surface area contributed by atoms with Crippen molar-refractivity contribution in [3.63, 3.8) is 0 Å². The normalized spacial score (nSPS) is 9.83. The maximum Gasteiger partial charge on any atom is 0.315 e. The Morgan fingerprint density at radius 2 is 2.17 bits per heavy atom. The van der Waals surface area contributed by atoms with Crippen LogP contribution < -0.4 is 10.6 Å². The Morgan fingerprint density at radius 3 is 2.83 bits per heavy atom. The Kier molecular flexibility index (Phi) is 5.63. The molecule has 1 aromatic heterocycles. The zero-order chi connectivity index (χ0) is 13.4. The molecule has 3 N–H and O–H groups in total. The second-order valence-corrected chi connectivity index (χ2v) is 3.72. The van der Waals surface area contributed by atoms with Gasteiger partial charge in [-0.05, 0) is 18.1 Å². The second-order valence-electron chi connectivity index (χ2n) is 3.72. The largest absolute Gasteiger partial charge is 0.481 e.